The first-order valence-corrected chi connectivity index (χ1v) is 3.69. The van der Waals surface area contributed by atoms with Crippen LogP contribution in [0.4, 0.5) is 0 Å². The highest BCUT2D eigenvalue weighted by atomic mass is 16.5. The standard InChI is InChI=1S/C8H11NO3/c1-5(2)7-9-4-6(12-7)8(10)11-3/h4-5H,1-3H3. The molecule has 0 spiro atoms. The molecule has 4 heteroatoms. The van der Waals surface area contributed by atoms with Crippen molar-refractivity contribution in [3.8, 4) is 0 Å². The molecule has 4 nitrogen and oxygen atoms in total. The first kappa shape index (κ1) is 8.77. The summed E-state index contributed by atoms with van der Waals surface area (Å²) in [5, 5.41) is 0. The quantitative estimate of drug-likeness (QED) is 0.631. The van der Waals surface area contributed by atoms with Crippen molar-refractivity contribution >= 4 is 5.97 Å². The Hall–Kier alpha value is -1.32. The van der Waals surface area contributed by atoms with Gasteiger partial charge in [-0.05, 0) is 0 Å². The van der Waals surface area contributed by atoms with Gasteiger partial charge in [0.15, 0.2) is 5.89 Å². The van der Waals surface area contributed by atoms with Crippen molar-refractivity contribution in [1.29, 1.82) is 0 Å². The van der Waals surface area contributed by atoms with Gasteiger partial charge in [-0.15, -0.1) is 0 Å². The summed E-state index contributed by atoms with van der Waals surface area (Å²) in [7, 11) is 1.31. The lowest BCUT2D eigenvalue weighted by molar-refractivity contribution is 0.0562. The number of esters is 1. The van der Waals surface area contributed by atoms with Crippen LogP contribution in [0.2, 0.25) is 0 Å². The number of nitrogens with zero attached hydrogens (tertiary/aromatic N) is 1. The number of carbonyl (C=O) groups excluding carboxylic acids is 1. The number of oxazole rings is 1. The molecule has 0 bridgehead atoms. The molecule has 12 heavy (non-hydrogen) atoms. The zero-order valence-corrected chi connectivity index (χ0v) is 7.33. The Morgan fingerprint density at radius 1 is 1.67 bits per heavy atom. The second-order valence-corrected chi connectivity index (χ2v) is 2.71. The van der Waals surface area contributed by atoms with Crippen LogP contribution in [0.25, 0.3) is 0 Å². The van der Waals surface area contributed by atoms with Gasteiger partial charge in [0, 0.05) is 5.92 Å². The molecule has 0 aromatic carbocycles. The number of carbonyl (C=O) groups is 1. The van der Waals surface area contributed by atoms with Gasteiger partial charge in [0.25, 0.3) is 0 Å². The maximum atomic E-state index is 10.9. The molecule has 0 aliphatic rings. The predicted octanol–water partition coefficient (Wildman–Crippen LogP) is 1.58. The molecule has 66 valence electrons. The Labute approximate surface area is 70.5 Å². The molecule has 1 aromatic heterocycles. The van der Waals surface area contributed by atoms with E-state index in [1.807, 2.05) is 13.8 Å². The van der Waals surface area contributed by atoms with Gasteiger partial charge in [0.05, 0.1) is 13.3 Å². The summed E-state index contributed by atoms with van der Waals surface area (Å²) in [5.41, 5.74) is 0. The highest BCUT2D eigenvalue weighted by molar-refractivity contribution is 5.85. The molecule has 0 radical (unpaired) electrons. The smallest absolute Gasteiger partial charge is 0.375 e. The fraction of sp³-hybridized carbons (Fsp3) is 0.500. The molecule has 0 N–H and O–H groups in total. The van der Waals surface area contributed by atoms with Gasteiger partial charge < -0.3 is 9.15 Å². The van der Waals surface area contributed by atoms with E-state index < -0.39 is 5.97 Å². The van der Waals surface area contributed by atoms with E-state index in [2.05, 4.69) is 9.72 Å². The highest BCUT2D eigenvalue weighted by Crippen LogP contribution is 2.14. The van der Waals surface area contributed by atoms with Crippen molar-refractivity contribution in [3.63, 3.8) is 0 Å². The van der Waals surface area contributed by atoms with Crippen LogP contribution in [0.1, 0.15) is 36.2 Å². The topological polar surface area (TPSA) is 52.3 Å². The van der Waals surface area contributed by atoms with Gasteiger partial charge in [-0.2, -0.15) is 0 Å². The predicted molar refractivity (Wildman–Crippen MR) is 41.9 cm³/mol. The monoisotopic (exact) mass is 169 g/mol. The third-order valence-corrected chi connectivity index (χ3v) is 1.40. The van der Waals surface area contributed by atoms with Crippen molar-refractivity contribution in [2.24, 2.45) is 0 Å². The first-order chi connectivity index (χ1) is 5.65. The van der Waals surface area contributed by atoms with Crippen LogP contribution in [0.3, 0.4) is 0 Å². The second-order valence-electron chi connectivity index (χ2n) is 2.71. The Morgan fingerprint density at radius 2 is 2.33 bits per heavy atom. The number of ether oxygens (including phenoxy) is 1. The fourth-order valence-electron chi connectivity index (χ4n) is 0.749. The molecule has 1 aromatic rings. The van der Waals surface area contributed by atoms with Crippen molar-refractivity contribution in [3.05, 3.63) is 17.8 Å². The molecule has 0 aliphatic heterocycles. The van der Waals surface area contributed by atoms with Crippen LogP contribution in [-0.2, 0) is 4.74 Å². The number of methoxy groups -OCH3 is 1. The van der Waals surface area contributed by atoms with Crippen molar-refractivity contribution in [2.45, 2.75) is 19.8 Å². The highest BCUT2D eigenvalue weighted by Gasteiger charge is 2.13. The summed E-state index contributed by atoms with van der Waals surface area (Å²) in [6, 6.07) is 0. The minimum atomic E-state index is -0.491. The van der Waals surface area contributed by atoms with Gasteiger partial charge >= 0.3 is 5.97 Å². The Morgan fingerprint density at radius 3 is 2.75 bits per heavy atom. The molecule has 0 unspecified atom stereocenters. The molecular weight excluding hydrogens is 158 g/mol. The second kappa shape index (κ2) is 3.38. The third kappa shape index (κ3) is 1.64. The van der Waals surface area contributed by atoms with Crippen molar-refractivity contribution in [2.75, 3.05) is 7.11 Å². The van der Waals surface area contributed by atoms with E-state index in [0.717, 1.165) is 0 Å². The van der Waals surface area contributed by atoms with E-state index in [-0.39, 0.29) is 11.7 Å². The lowest BCUT2D eigenvalue weighted by Crippen LogP contribution is -1.98. The Balaban J connectivity index is 2.84. The normalized spacial score (nSPS) is 10.3. The molecule has 0 atom stereocenters. The van der Waals surface area contributed by atoms with Crippen molar-refractivity contribution in [1.82, 2.24) is 4.98 Å². The average molecular weight is 169 g/mol. The molecule has 1 rings (SSSR count). The maximum Gasteiger partial charge on any atom is 0.375 e. The number of aromatic nitrogens is 1. The van der Waals surface area contributed by atoms with E-state index >= 15 is 0 Å². The zero-order valence-electron chi connectivity index (χ0n) is 7.33. The number of hydrogen-bond acceptors (Lipinski definition) is 4. The fourth-order valence-corrected chi connectivity index (χ4v) is 0.749. The van der Waals surface area contributed by atoms with Crippen LogP contribution in [-0.4, -0.2) is 18.1 Å². The minimum Gasteiger partial charge on any atom is -0.463 e. The number of rotatable bonds is 2. The first-order valence-electron chi connectivity index (χ1n) is 3.69. The van der Waals surface area contributed by atoms with E-state index in [4.69, 9.17) is 4.42 Å². The van der Waals surface area contributed by atoms with E-state index in [1.54, 1.807) is 0 Å². The molecule has 0 saturated heterocycles. The van der Waals surface area contributed by atoms with Crippen LogP contribution in [0, 0.1) is 0 Å². The Bertz CT molecular complexity index is 278. The van der Waals surface area contributed by atoms with Crippen LogP contribution in [0.15, 0.2) is 10.6 Å². The van der Waals surface area contributed by atoms with Crippen molar-refractivity contribution < 1.29 is 13.9 Å². The summed E-state index contributed by atoms with van der Waals surface area (Å²) in [4.78, 5) is 14.8. The molecule has 0 saturated carbocycles. The third-order valence-electron chi connectivity index (χ3n) is 1.40. The summed E-state index contributed by atoms with van der Waals surface area (Å²) in [5.74, 6) is 0.398. The van der Waals surface area contributed by atoms with Gasteiger partial charge in [-0.1, -0.05) is 13.8 Å². The molecular formula is C8H11NO3. The SMILES string of the molecule is COC(=O)c1cnc(C(C)C)o1. The summed E-state index contributed by atoms with van der Waals surface area (Å²) < 4.78 is 9.57. The van der Waals surface area contributed by atoms with Gasteiger partial charge in [0.1, 0.15) is 0 Å². The minimum absolute atomic E-state index is 0.154. The van der Waals surface area contributed by atoms with Crippen LogP contribution >= 0.6 is 0 Å². The lowest BCUT2D eigenvalue weighted by Gasteiger charge is -1.95. The zero-order chi connectivity index (χ0) is 9.14. The largest absolute Gasteiger partial charge is 0.463 e. The summed E-state index contributed by atoms with van der Waals surface area (Å²) >= 11 is 0. The van der Waals surface area contributed by atoms with Gasteiger partial charge in [-0.25, -0.2) is 9.78 Å². The van der Waals surface area contributed by atoms with Crippen LogP contribution < -0.4 is 0 Å². The van der Waals surface area contributed by atoms with E-state index in [9.17, 15) is 4.79 Å². The van der Waals surface area contributed by atoms with E-state index in [1.165, 1.54) is 13.3 Å². The molecule has 0 amide bonds. The average Bonchev–Trinajstić information content (AvgIpc) is 2.51. The molecule has 0 aliphatic carbocycles. The van der Waals surface area contributed by atoms with E-state index in [0.29, 0.717) is 5.89 Å². The molecule has 0 fully saturated rings. The van der Waals surface area contributed by atoms with Crippen LogP contribution in [0.5, 0.6) is 0 Å². The lowest BCUT2D eigenvalue weighted by atomic mass is 10.2. The molecule has 1 heterocycles. The number of hydrogen-bond donors (Lipinski definition) is 0. The van der Waals surface area contributed by atoms with Gasteiger partial charge in [-0.3, -0.25) is 0 Å². The van der Waals surface area contributed by atoms with Gasteiger partial charge in [0.2, 0.25) is 5.76 Å². The summed E-state index contributed by atoms with van der Waals surface area (Å²) in [6.07, 6.45) is 1.38. The maximum absolute atomic E-state index is 10.9. The summed E-state index contributed by atoms with van der Waals surface area (Å²) in [6.45, 7) is 3.87. The Kier molecular flexibility index (Phi) is 2.47.